The van der Waals surface area contributed by atoms with Gasteiger partial charge in [-0.05, 0) is 63.3 Å². The molecule has 0 bridgehead atoms. The molecule has 186 valence electrons. The smallest absolute Gasteiger partial charge is 0.331 e. The van der Waals surface area contributed by atoms with Crippen molar-refractivity contribution in [2.45, 2.75) is 72.2 Å². The van der Waals surface area contributed by atoms with Crippen LogP contribution in [-0.4, -0.2) is 53.3 Å². The van der Waals surface area contributed by atoms with Crippen molar-refractivity contribution in [1.29, 1.82) is 0 Å². The largest absolute Gasteiger partial charge is 0.491 e. The van der Waals surface area contributed by atoms with E-state index in [0.717, 1.165) is 47.6 Å². The van der Waals surface area contributed by atoms with E-state index in [-0.39, 0.29) is 12.6 Å². The highest BCUT2D eigenvalue weighted by Gasteiger charge is 2.40. The van der Waals surface area contributed by atoms with Gasteiger partial charge in [-0.1, -0.05) is 26.2 Å². The zero-order valence-corrected chi connectivity index (χ0v) is 20.4. The number of benzene rings is 1. The lowest BCUT2D eigenvalue weighted by molar-refractivity contribution is -0.121. The molecule has 1 heterocycles. The molecule has 1 aromatic carbocycles. The van der Waals surface area contributed by atoms with Gasteiger partial charge in [-0.25, -0.2) is 14.5 Å². The van der Waals surface area contributed by atoms with Crippen LogP contribution in [0.4, 0.5) is 15.3 Å². The summed E-state index contributed by atoms with van der Waals surface area (Å²) in [6.45, 7) is 7.61. The third kappa shape index (κ3) is 6.24. The molecular formula is C24H35N5O5. The Labute approximate surface area is 200 Å². The number of nitrogens with zero attached hydrogens (tertiary/aromatic N) is 3. The molecule has 2 aliphatic rings. The van der Waals surface area contributed by atoms with Crippen LogP contribution in [0.15, 0.2) is 23.4 Å². The molecule has 3 rings (SSSR count). The Morgan fingerprint density at radius 3 is 2.53 bits per heavy atom. The lowest BCUT2D eigenvalue weighted by atomic mass is 9.89. The summed E-state index contributed by atoms with van der Waals surface area (Å²) in [5.74, 6) is -0.654. The topological polar surface area (TPSA) is 120 Å². The number of urea groups is 2. The van der Waals surface area contributed by atoms with Gasteiger partial charge >= 0.3 is 12.1 Å². The van der Waals surface area contributed by atoms with Gasteiger partial charge in [0, 0.05) is 24.0 Å². The molecular weight excluding hydrogens is 438 g/mol. The van der Waals surface area contributed by atoms with E-state index in [2.05, 4.69) is 15.8 Å². The fourth-order valence-corrected chi connectivity index (χ4v) is 4.46. The first-order valence-electron chi connectivity index (χ1n) is 12.0. The zero-order valence-electron chi connectivity index (χ0n) is 20.4. The predicted octanol–water partition coefficient (Wildman–Crippen LogP) is 4.43. The second-order valence-corrected chi connectivity index (χ2v) is 9.52. The normalized spacial score (nSPS) is 20.2. The molecule has 2 fully saturated rings. The standard InChI is InChI=1S/C24H35N5O5/c1-15(2)34-20-11-10-19(12-16(20)3)25-22-26-23(31)29(13-17(4)21(30)27-33)24(32)28(22)14-18-8-6-5-7-9-18/h10-12,15,17-18,22,25H,5-9,13-14H2,1-4H3,(H,26,31)/t17-,22?/m0/s1. The van der Waals surface area contributed by atoms with Gasteiger partial charge < -0.3 is 10.1 Å². The third-order valence-corrected chi connectivity index (χ3v) is 6.28. The average Bonchev–Trinajstić information content (AvgIpc) is 2.80. The van der Waals surface area contributed by atoms with E-state index < -0.39 is 30.2 Å². The van der Waals surface area contributed by atoms with Crippen molar-refractivity contribution in [3.05, 3.63) is 28.7 Å². The third-order valence-electron chi connectivity index (χ3n) is 6.28. The highest BCUT2D eigenvalue weighted by molar-refractivity contribution is 5.97. The summed E-state index contributed by atoms with van der Waals surface area (Å²) >= 11 is 0. The maximum Gasteiger partial charge on any atom is 0.331 e. The fourth-order valence-electron chi connectivity index (χ4n) is 4.46. The monoisotopic (exact) mass is 473 g/mol. The lowest BCUT2D eigenvalue weighted by Crippen LogP contribution is -2.68. The van der Waals surface area contributed by atoms with Gasteiger partial charge in [0.05, 0.1) is 12.0 Å². The van der Waals surface area contributed by atoms with Crippen molar-refractivity contribution in [3.8, 4) is 5.75 Å². The Kier molecular flexibility index (Phi) is 8.46. The summed E-state index contributed by atoms with van der Waals surface area (Å²) in [5.41, 5.74) is 1.67. The first-order valence-corrected chi connectivity index (χ1v) is 12.0. The molecule has 0 radical (unpaired) electrons. The van der Waals surface area contributed by atoms with E-state index in [9.17, 15) is 19.3 Å². The first kappa shape index (κ1) is 25.5. The average molecular weight is 474 g/mol. The molecule has 1 aliphatic carbocycles. The van der Waals surface area contributed by atoms with E-state index in [0.29, 0.717) is 12.5 Å². The summed E-state index contributed by atoms with van der Waals surface area (Å²) in [7, 11) is 0. The SMILES string of the molecule is Cc1cc(NC2NC(=O)N(C[C@H](C)C(=O)N=O)C(=O)N2CC2CCCCC2)ccc1OC(C)C. The molecule has 1 saturated carbocycles. The van der Waals surface area contributed by atoms with Crippen LogP contribution >= 0.6 is 0 Å². The fraction of sp³-hybridized carbons (Fsp3) is 0.625. The van der Waals surface area contributed by atoms with Crippen LogP contribution in [0.25, 0.3) is 0 Å². The Morgan fingerprint density at radius 2 is 1.91 bits per heavy atom. The molecule has 1 unspecified atom stereocenters. The summed E-state index contributed by atoms with van der Waals surface area (Å²) < 4.78 is 5.80. The minimum atomic E-state index is -0.890. The zero-order chi connectivity index (χ0) is 24.8. The number of carbonyl (C=O) groups is 3. The quantitative estimate of drug-likeness (QED) is 0.512. The molecule has 0 spiro atoms. The summed E-state index contributed by atoms with van der Waals surface area (Å²) in [6.07, 6.45) is 4.78. The molecule has 0 aromatic heterocycles. The number of hydrogen-bond acceptors (Lipinski definition) is 6. The van der Waals surface area contributed by atoms with Crippen molar-refractivity contribution in [3.63, 3.8) is 0 Å². The van der Waals surface area contributed by atoms with Crippen molar-refractivity contribution in [2.24, 2.45) is 17.0 Å². The van der Waals surface area contributed by atoms with E-state index in [1.165, 1.54) is 13.3 Å². The number of imide groups is 1. The number of ether oxygens (including phenoxy) is 1. The molecule has 1 aliphatic heterocycles. The number of rotatable bonds is 9. The molecule has 5 amide bonds. The number of carbonyl (C=O) groups excluding carboxylic acids is 3. The van der Waals surface area contributed by atoms with Gasteiger partial charge in [0.15, 0.2) is 6.29 Å². The summed E-state index contributed by atoms with van der Waals surface area (Å²) in [5, 5.41) is 8.54. The maximum atomic E-state index is 13.4. The highest BCUT2D eigenvalue weighted by atomic mass is 16.5. The van der Waals surface area contributed by atoms with Gasteiger partial charge in [0.2, 0.25) is 0 Å². The van der Waals surface area contributed by atoms with Crippen LogP contribution < -0.4 is 15.4 Å². The van der Waals surface area contributed by atoms with E-state index in [1.54, 1.807) is 4.90 Å². The first-order chi connectivity index (χ1) is 16.2. The number of hydrogen-bond donors (Lipinski definition) is 2. The van der Waals surface area contributed by atoms with Gasteiger partial charge in [0.25, 0.3) is 5.91 Å². The predicted molar refractivity (Wildman–Crippen MR) is 128 cm³/mol. The van der Waals surface area contributed by atoms with Crippen molar-refractivity contribution >= 4 is 23.7 Å². The number of aryl methyl sites for hydroxylation is 1. The Bertz CT molecular complexity index is 915. The molecule has 34 heavy (non-hydrogen) atoms. The summed E-state index contributed by atoms with van der Waals surface area (Å²) in [4.78, 5) is 51.1. The van der Waals surface area contributed by atoms with E-state index in [4.69, 9.17) is 4.74 Å². The van der Waals surface area contributed by atoms with Crippen LogP contribution in [0.5, 0.6) is 5.75 Å². The minimum Gasteiger partial charge on any atom is -0.491 e. The number of amides is 5. The van der Waals surface area contributed by atoms with E-state index in [1.807, 2.05) is 39.0 Å². The molecule has 2 atom stereocenters. The Hall–Kier alpha value is -3.17. The number of nitrogens with one attached hydrogen (secondary N) is 2. The Morgan fingerprint density at radius 1 is 1.21 bits per heavy atom. The van der Waals surface area contributed by atoms with E-state index >= 15 is 0 Å². The van der Waals surface area contributed by atoms with Crippen molar-refractivity contribution in [1.82, 2.24) is 15.1 Å². The van der Waals surface area contributed by atoms with Gasteiger partial charge in [-0.2, -0.15) is 0 Å². The second kappa shape index (κ2) is 11.3. The summed E-state index contributed by atoms with van der Waals surface area (Å²) in [6, 6.07) is 4.51. The van der Waals surface area contributed by atoms with Crippen LogP contribution in [0.2, 0.25) is 0 Å². The number of nitroso groups, excluding NO2 is 1. The van der Waals surface area contributed by atoms with Crippen LogP contribution in [-0.2, 0) is 4.79 Å². The molecule has 2 N–H and O–H groups in total. The van der Waals surface area contributed by atoms with Crippen LogP contribution in [0.3, 0.4) is 0 Å². The molecule has 10 heteroatoms. The van der Waals surface area contributed by atoms with Crippen LogP contribution in [0.1, 0.15) is 58.4 Å². The Balaban J connectivity index is 1.80. The van der Waals surface area contributed by atoms with Gasteiger partial charge in [0.1, 0.15) is 5.75 Å². The molecule has 1 saturated heterocycles. The molecule has 10 nitrogen and oxygen atoms in total. The van der Waals surface area contributed by atoms with Crippen LogP contribution in [0, 0.1) is 23.7 Å². The van der Waals surface area contributed by atoms with Crippen molar-refractivity contribution in [2.75, 3.05) is 18.4 Å². The lowest BCUT2D eigenvalue weighted by Gasteiger charge is -2.43. The van der Waals surface area contributed by atoms with Gasteiger partial charge in [-0.15, -0.1) is 4.91 Å². The highest BCUT2D eigenvalue weighted by Crippen LogP contribution is 2.28. The minimum absolute atomic E-state index is 0.0495. The second-order valence-electron chi connectivity index (χ2n) is 9.52. The van der Waals surface area contributed by atoms with Gasteiger partial charge in [-0.3, -0.25) is 15.0 Å². The molecule has 1 aromatic rings. The van der Waals surface area contributed by atoms with Crippen molar-refractivity contribution < 1.29 is 19.1 Å². The number of anilines is 1. The maximum absolute atomic E-state index is 13.4.